The zero-order valence-electron chi connectivity index (χ0n) is 30.2. The van der Waals surface area contributed by atoms with Crippen LogP contribution in [0.5, 0.6) is 0 Å². The minimum absolute atomic E-state index is 0.0423. The lowest BCUT2D eigenvalue weighted by Gasteiger charge is -2.32. The van der Waals surface area contributed by atoms with Gasteiger partial charge in [-0.05, 0) is 126 Å². The number of nitrogens with one attached hydrogen (secondary N) is 3. The molecule has 2 aromatic carbocycles. The van der Waals surface area contributed by atoms with E-state index < -0.39 is 5.92 Å². The Morgan fingerprint density at radius 3 is 2.33 bits per heavy atom. The maximum Gasteiger partial charge on any atom is 0.270 e. The Kier molecular flexibility index (Phi) is 11.6. The first kappa shape index (κ1) is 36.4. The van der Waals surface area contributed by atoms with E-state index in [1.807, 2.05) is 43.3 Å². The molecule has 51 heavy (non-hydrogen) atoms. The summed E-state index contributed by atoms with van der Waals surface area (Å²) in [5.74, 6) is -0.411. The number of Topliss-reactive ketones (excluding diaryl/α,β-unsaturated/α-hetero) is 1. The molecule has 0 unspecified atom stereocenters. The second-order valence-electron chi connectivity index (χ2n) is 15.1. The number of pyridine rings is 1. The van der Waals surface area contributed by atoms with Gasteiger partial charge in [-0.3, -0.25) is 19.2 Å². The van der Waals surface area contributed by atoms with Crippen LogP contribution in [0.4, 0.5) is 11.4 Å². The van der Waals surface area contributed by atoms with Crippen molar-refractivity contribution in [2.24, 2.45) is 23.5 Å². The number of nitrogens with zero attached hydrogens (tertiary/aromatic N) is 2. The first-order chi connectivity index (χ1) is 24.6. The Labute approximate surface area is 301 Å². The number of anilines is 2. The van der Waals surface area contributed by atoms with Gasteiger partial charge in [0.1, 0.15) is 11.5 Å². The highest BCUT2D eigenvalue weighted by Crippen LogP contribution is 2.32. The van der Waals surface area contributed by atoms with Gasteiger partial charge in [-0.1, -0.05) is 36.4 Å². The molecule has 3 amide bonds. The highest BCUT2D eigenvalue weighted by Gasteiger charge is 2.30. The van der Waals surface area contributed by atoms with Crippen LogP contribution in [-0.4, -0.2) is 66.1 Å². The van der Waals surface area contributed by atoms with Gasteiger partial charge in [-0.25, -0.2) is 4.98 Å². The topological polar surface area (TPSA) is 147 Å². The molecule has 2 saturated carbocycles. The lowest BCUT2D eigenvalue weighted by atomic mass is 9.77. The molecule has 0 spiro atoms. The average molecular weight is 693 g/mol. The first-order valence-corrected chi connectivity index (χ1v) is 18.6. The minimum atomic E-state index is -0.558. The van der Waals surface area contributed by atoms with E-state index in [2.05, 4.69) is 39.9 Å². The quantitative estimate of drug-likeness (QED) is 0.191. The van der Waals surface area contributed by atoms with Crippen molar-refractivity contribution in [1.29, 1.82) is 0 Å². The monoisotopic (exact) mass is 692 g/mol. The molecule has 1 aromatic heterocycles. The highest BCUT2D eigenvalue weighted by molar-refractivity contribution is 6.01. The molecule has 3 aromatic rings. The smallest absolute Gasteiger partial charge is 0.270 e. The van der Waals surface area contributed by atoms with E-state index in [4.69, 9.17) is 5.73 Å². The zero-order chi connectivity index (χ0) is 36.1. The largest absolute Gasteiger partial charge is 0.348 e. The number of amides is 3. The van der Waals surface area contributed by atoms with E-state index in [0.717, 1.165) is 79.3 Å². The number of benzene rings is 2. The van der Waals surface area contributed by atoms with Gasteiger partial charge in [0.15, 0.2) is 0 Å². The standard InChI is InChI=1S/C41H52N6O4/c1-25-35(18-19-36(43-25)41(51)44-32-14-16-34(17-15-32)47(2)3)28-8-4-26(5-9-28)20-31(21-38(48)29-10-6-27(24-42)7-11-29)40(50)45-33-13-12-30-22-39(49)46-37(30)23-33/h4-5,8-9,12-13,18-19,23,27,29,31-32,34H,6-7,10-11,14-17,20-22,24,42H2,1-3H3,(H,44,51)(H,45,50)(H,46,49)/t27?,29?,31-,32?,34?/m1/s1. The van der Waals surface area contributed by atoms with Crippen molar-refractivity contribution in [3.8, 4) is 11.1 Å². The third-order valence-electron chi connectivity index (χ3n) is 11.3. The summed E-state index contributed by atoms with van der Waals surface area (Å²) in [4.78, 5) is 59.2. The van der Waals surface area contributed by atoms with Gasteiger partial charge < -0.3 is 26.6 Å². The average Bonchev–Trinajstić information content (AvgIpc) is 3.51. The number of ketones is 1. The van der Waals surface area contributed by atoms with Crippen LogP contribution in [0.1, 0.15) is 85.1 Å². The van der Waals surface area contributed by atoms with Crippen molar-refractivity contribution >= 4 is 34.9 Å². The fraction of sp³-hybridized carbons (Fsp3) is 0.488. The maximum atomic E-state index is 13.8. The Morgan fingerprint density at radius 1 is 0.941 bits per heavy atom. The Hall–Kier alpha value is -4.41. The van der Waals surface area contributed by atoms with E-state index in [0.29, 0.717) is 48.4 Å². The molecular weight excluding hydrogens is 640 g/mol. The molecule has 2 heterocycles. The lowest BCUT2D eigenvalue weighted by Crippen LogP contribution is -2.42. The third kappa shape index (κ3) is 9.10. The molecule has 6 rings (SSSR count). The maximum absolute atomic E-state index is 13.8. The molecule has 1 aliphatic heterocycles. The fourth-order valence-corrected chi connectivity index (χ4v) is 8.02. The number of carbonyl (C=O) groups is 4. The van der Waals surface area contributed by atoms with E-state index in [1.54, 1.807) is 18.2 Å². The fourth-order valence-electron chi connectivity index (χ4n) is 8.02. The van der Waals surface area contributed by atoms with E-state index >= 15 is 0 Å². The zero-order valence-corrected chi connectivity index (χ0v) is 30.2. The van der Waals surface area contributed by atoms with E-state index in [-0.39, 0.29) is 41.9 Å². The number of rotatable bonds is 12. The normalized spacial score (nSPS) is 22.2. The predicted molar refractivity (Wildman–Crippen MR) is 200 cm³/mol. The summed E-state index contributed by atoms with van der Waals surface area (Å²) in [6.07, 6.45) is 8.53. The van der Waals surface area contributed by atoms with Crippen molar-refractivity contribution in [3.63, 3.8) is 0 Å². The Balaban J connectivity index is 1.12. The second-order valence-corrected chi connectivity index (χ2v) is 15.1. The summed E-state index contributed by atoms with van der Waals surface area (Å²) in [6, 6.07) is 17.9. The van der Waals surface area contributed by atoms with Gasteiger partial charge in [-0.15, -0.1) is 0 Å². The van der Waals surface area contributed by atoms with Gasteiger partial charge in [0.05, 0.1) is 6.42 Å². The van der Waals surface area contributed by atoms with Crippen LogP contribution in [0.3, 0.4) is 0 Å². The molecule has 270 valence electrons. The van der Waals surface area contributed by atoms with Gasteiger partial charge in [0.2, 0.25) is 11.8 Å². The molecular formula is C41H52N6O4. The molecule has 2 aliphatic carbocycles. The molecule has 1 atom stereocenters. The number of hydrogen-bond donors (Lipinski definition) is 4. The van der Waals surface area contributed by atoms with Gasteiger partial charge in [0, 0.05) is 53.0 Å². The molecule has 0 bridgehead atoms. The Morgan fingerprint density at radius 2 is 1.67 bits per heavy atom. The number of carbonyl (C=O) groups excluding carboxylic acids is 4. The second kappa shape index (κ2) is 16.3. The number of fused-ring (bicyclic) bond motifs is 1. The molecule has 5 N–H and O–H groups in total. The third-order valence-corrected chi connectivity index (χ3v) is 11.3. The number of aryl methyl sites for hydroxylation is 1. The van der Waals surface area contributed by atoms with Crippen molar-refractivity contribution < 1.29 is 19.2 Å². The summed E-state index contributed by atoms with van der Waals surface area (Å²) in [6.45, 7) is 2.57. The summed E-state index contributed by atoms with van der Waals surface area (Å²) in [7, 11) is 4.22. The van der Waals surface area contributed by atoms with Crippen molar-refractivity contribution in [3.05, 3.63) is 77.1 Å². The predicted octanol–water partition coefficient (Wildman–Crippen LogP) is 5.68. The van der Waals surface area contributed by atoms with E-state index in [9.17, 15) is 19.2 Å². The van der Waals surface area contributed by atoms with Crippen LogP contribution in [-0.2, 0) is 27.2 Å². The van der Waals surface area contributed by atoms with Gasteiger partial charge in [0.25, 0.3) is 5.91 Å². The molecule has 0 radical (unpaired) electrons. The van der Waals surface area contributed by atoms with Crippen molar-refractivity contribution in [1.82, 2.24) is 15.2 Å². The summed E-state index contributed by atoms with van der Waals surface area (Å²) in [5.41, 5.74) is 12.1. The van der Waals surface area contributed by atoms with Crippen LogP contribution < -0.4 is 21.7 Å². The van der Waals surface area contributed by atoms with Crippen molar-refractivity contribution in [2.75, 3.05) is 31.3 Å². The van der Waals surface area contributed by atoms with Crippen LogP contribution in [0, 0.1) is 24.7 Å². The Bertz CT molecular complexity index is 1740. The summed E-state index contributed by atoms with van der Waals surface area (Å²) < 4.78 is 0. The van der Waals surface area contributed by atoms with Crippen LogP contribution in [0.25, 0.3) is 11.1 Å². The number of aromatic nitrogens is 1. The van der Waals surface area contributed by atoms with Crippen molar-refractivity contribution in [2.45, 2.75) is 89.6 Å². The lowest BCUT2D eigenvalue weighted by molar-refractivity contribution is -0.129. The molecule has 0 saturated heterocycles. The van der Waals surface area contributed by atoms with Crippen LogP contribution >= 0.6 is 0 Å². The summed E-state index contributed by atoms with van der Waals surface area (Å²) in [5, 5.41) is 9.04. The molecule has 10 nitrogen and oxygen atoms in total. The van der Waals surface area contributed by atoms with Crippen LogP contribution in [0.2, 0.25) is 0 Å². The molecule has 10 heteroatoms. The minimum Gasteiger partial charge on any atom is -0.348 e. The highest BCUT2D eigenvalue weighted by atomic mass is 16.2. The molecule has 2 fully saturated rings. The van der Waals surface area contributed by atoms with Crippen LogP contribution in [0.15, 0.2) is 54.6 Å². The van der Waals surface area contributed by atoms with E-state index in [1.165, 1.54) is 0 Å². The summed E-state index contributed by atoms with van der Waals surface area (Å²) >= 11 is 0. The van der Waals surface area contributed by atoms with Gasteiger partial charge in [-0.2, -0.15) is 0 Å². The molecule has 3 aliphatic rings. The number of hydrogen-bond acceptors (Lipinski definition) is 7. The SMILES string of the molecule is Cc1nc(C(=O)NC2CCC(N(C)C)CC2)ccc1-c1ccc(C[C@H](CC(=O)C2CCC(CN)CC2)C(=O)Nc2ccc3c(c2)NC(=O)C3)cc1. The first-order valence-electron chi connectivity index (χ1n) is 18.6. The number of nitrogens with two attached hydrogens (primary N) is 1. The van der Waals surface area contributed by atoms with Gasteiger partial charge >= 0.3 is 0 Å².